The zero-order valence-corrected chi connectivity index (χ0v) is 19.6. The molecule has 0 aliphatic heterocycles. The summed E-state index contributed by atoms with van der Waals surface area (Å²) in [5.41, 5.74) is 2.77. The molecule has 0 radical (unpaired) electrons. The molecule has 6 nitrogen and oxygen atoms in total. The fraction of sp³-hybridized carbons (Fsp3) is 0.148. The third kappa shape index (κ3) is 6.47. The molecule has 1 amide bonds. The predicted molar refractivity (Wildman–Crippen MR) is 131 cm³/mol. The smallest absolute Gasteiger partial charge is 0.345 e. The second kappa shape index (κ2) is 11.7. The van der Waals surface area contributed by atoms with E-state index in [1.54, 1.807) is 49.4 Å². The Morgan fingerprint density at radius 2 is 1.79 bits per heavy atom. The Labute approximate surface area is 203 Å². The minimum Gasteiger partial charge on any atom is -0.490 e. The first-order valence-corrected chi connectivity index (χ1v) is 11.0. The van der Waals surface area contributed by atoms with Crippen molar-refractivity contribution in [3.05, 3.63) is 99.6 Å². The van der Waals surface area contributed by atoms with Gasteiger partial charge in [0, 0.05) is 6.54 Å². The Kier molecular flexibility index (Phi) is 8.44. The van der Waals surface area contributed by atoms with Crippen LogP contribution in [-0.2, 0) is 11.3 Å². The number of aryl methyl sites for hydroxylation is 1. The number of nitrogens with zero attached hydrogens (tertiary/aromatic N) is 1. The summed E-state index contributed by atoms with van der Waals surface area (Å²) in [6.07, 6.45) is 1.45. The summed E-state index contributed by atoms with van der Waals surface area (Å²) in [5.74, 6) is -0.612. The lowest BCUT2D eigenvalue weighted by Gasteiger charge is -2.12. The molecule has 0 saturated heterocycles. The Hall–Kier alpha value is -4.08. The fourth-order valence-corrected chi connectivity index (χ4v) is 3.26. The summed E-state index contributed by atoms with van der Waals surface area (Å²) in [6.45, 7) is 4.41. The van der Waals surface area contributed by atoms with E-state index in [0.29, 0.717) is 24.5 Å². The van der Waals surface area contributed by atoms with Crippen LogP contribution in [0, 0.1) is 18.3 Å². The highest BCUT2D eigenvalue weighted by molar-refractivity contribution is 6.33. The van der Waals surface area contributed by atoms with Crippen molar-refractivity contribution in [1.29, 1.82) is 5.26 Å². The van der Waals surface area contributed by atoms with Crippen molar-refractivity contribution in [2.24, 2.45) is 0 Å². The Bertz CT molecular complexity index is 1260. The minimum atomic E-state index is -0.622. The van der Waals surface area contributed by atoms with Gasteiger partial charge in [0.1, 0.15) is 11.6 Å². The van der Waals surface area contributed by atoms with E-state index in [1.807, 2.05) is 37.3 Å². The first-order chi connectivity index (χ1) is 16.4. The maximum atomic E-state index is 12.5. The zero-order chi connectivity index (χ0) is 24.5. The quantitative estimate of drug-likeness (QED) is 0.202. The summed E-state index contributed by atoms with van der Waals surface area (Å²) in [4.78, 5) is 25.0. The van der Waals surface area contributed by atoms with Crippen molar-refractivity contribution in [3.63, 3.8) is 0 Å². The van der Waals surface area contributed by atoms with Gasteiger partial charge < -0.3 is 14.8 Å². The lowest BCUT2D eigenvalue weighted by molar-refractivity contribution is -0.117. The van der Waals surface area contributed by atoms with Crippen LogP contribution < -0.4 is 14.8 Å². The number of halogens is 1. The number of esters is 1. The normalized spacial score (nSPS) is 10.8. The third-order valence-electron chi connectivity index (χ3n) is 4.81. The standard InChI is InChI=1S/C27H23ClN2O4/c1-3-33-25-15-20(12-13-24(25)34-27(32)22-6-4-5-7-23(22)28)14-21(16-29)26(31)30-17-19-10-8-18(2)9-11-19/h4-15H,3,17H2,1-2H3,(H,30,31). The average Bonchev–Trinajstić information content (AvgIpc) is 2.83. The molecule has 0 heterocycles. The van der Waals surface area contributed by atoms with E-state index in [9.17, 15) is 14.9 Å². The highest BCUT2D eigenvalue weighted by atomic mass is 35.5. The first kappa shape index (κ1) is 24.6. The SMILES string of the molecule is CCOc1cc(C=C(C#N)C(=O)NCc2ccc(C)cc2)ccc1OC(=O)c1ccccc1Cl. The lowest BCUT2D eigenvalue weighted by Crippen LogP contribution is -2.23. The molecule has 3 rings (SSSR count). The monoisotopic (exact) mass is 474 g/mol. The molecule has 3 aromatic rings. The Morgan fingerprint density at radius 3 is 2.47 bits per heavy atom. The summed E-state index contributed by atoms with van der Waals surface area (Å²) < 4.78 is 11.1. The van der Waals surface area contributed by atoms with Crippen LogP contribution >= 0.6 is 11.6 Å². The van der Waals surface area contributed by atoms with E-state index >= 15 is 0 Å². The number of hydrogen-bond acceptors (Lipinski definition) is 5. The van der Waals surface area contributed by atoms with Crippen LogP contribution in [0.2, 0.25) is 5.02 Å². The highest BCUT2D eigenvalue weighted by Gasteiger charge is 2.16. The number of carbonyl (C=O) groups excluding carboxylic acids is 2. The molecule has 1 N–H and O–H groups in total. The maximum Gasteiger partial charge on any atom is 0.345 e. The van der Waals surface area contributed by atoms with Gasteiger partial charge in [0.25, 0.3) is 5.91 Å². The van der Waals surface area contributed by atoms with Crippen molar-refractivity contribution < 1.29 is 19.1 Å². The van der Waals surface area contributed by atoms with Gasteiger partial charge >= 0.3 is 5.97 Å². The number of carbonyl (C=O) groups is 2. The van der Waals surface area contributed by atoms with Crippen molar-refractivity contribution in [3.8, 4) is 17.6 Å². The molecule has 0 fully saturated rings. The molecule has 7 heteroatoms. The molecule has 34 heavy (non-hydrogen) atoms. The number of nitriles is 1. The molecule has 0 bridgehead atoms. The van der Waals surface area contributed by atoms with Gasteiger partial charge in [0.2, 0.25) is 0 Å². The second-order valence-electron chi connectivity index (χ2n) is 7.35. The van der Waals surface area contributed by atoms with Crippen LogP contribution in [0.1, 0.15) is 34.0 Å². The van der Waals surface area contributed by atoms with E-state index in [4.69, 9.17) is 21.1 Å². The molecular formula is C27H23ClN2O4. The van der Waals surface area contributed by atoms with Crippen LogP contribution in [0.4, 0.5) is 0 Å². The number of rotatable bonds is 8. The van der Waals surface area contributed by atoms with Gasteiger partial charge in [-0.1, -0.05) is 59.6 Å². The molecule has 172 valence electrons. The molecule has 0 aliphatic rings. The third-order valence-corrected chi connectivity index (χ3v) is 5.14. The fourth-order valence-electron chi connectivity index (χ4n) is 3.05. The number of ether oxygens (including phenoxy) is 2. The Balaban J connectivity index is 1.77. The summed E-state index contributed by atoms with van der Waals surface area (Å²) in [5, 5.41) is 12.5. The van der Waals surface area contributed by atoms with Crippen LogP contribution in [0.3, 0.4) is 0 Å². The lowest BCUT2D eigenvalue weighted by atomic mass is 10.1. The van der Waals surface area contributed by atoms with Crippen molar-refractivity contribution >= 4 is 29.6 Å². The molecule has 0 aromatic heterocycles. The number of nitrogens with one attached hydrogen (secondary N) is 1. The highest BCUT2D eigenvalue weighted by Crippen LogP contribution is 2.31. The summed E-state index contributed by atoms with van der Waals surface area (Å²) >= 11 is 6.08. The van der Waals surface area contributed by atoms with Gasteiger partial charge in [-0.3, -0.25) is 4.79 Å². The molecule has 0 spiro atoms. The van der Waals surface area contributed by atoms with Gasteiger partial charge in [-0.2, -0.15) is 5.26 Å². The maximum absolute atomic E-state index is 12.5. The predicted octanol–water partition coefficient (Wildman–Crippen LogP) is 5.49. The van der Waals surface area contributed by atoms with Gasteiger partial charge in [-0.25, -0.2) is 4.79 Å². The van der Waals surface area contributed by atoms with E-state index in [-0.39, 0.29) is 21.9 Å². The minimum absolute atomic E-state index is 0.0598. The van der Waals surface area contributed by atoms with Crippen LogP contribution in [0.25, 0.3) is 6.08 Å². The van der Waals surface area contributed by atoms with Gasteiger partial charge in [-0.15, -0.1) is 0 Å². The number of hydrogen-bond donors (Lipinski definition) is 1. The number of amides is 1. The molecule has 0 aliphatic carbocycles. The Morgan fingerprint density at radius 1 is 1.06 bits per heavy atom. The molecular weight excluding hydrogens is 452 g/mol. The second-order valence-corrected chi connectivity index (χ2v) is 7.75. The largest absolute Gasteiger partial charge is 0.490 e. The van der Waals surface area contributed by atoms with Crippen molar-refractivity contribution in [2.75, 3.05) is 6.61 Å². The van der Waals surface area contributed by atoms with E-state index in [2.05, 4.69) is 5.32 Å². The van der Waals surface area contributed by atoms with Gasteiger partial charge in [0.15, 0.2) is 11.5 Å². The van der Waals surface area contributed by atoms with Crippen molar-refractivity contribution in [2.45, 2.75) is 20.4 Å². The number of benzene rings is 3. The first-order valence-electron chi connectivity index (χ1n) is 10.6. The van der Waals surface area contributed by atoms with Gasteiger partial charge in [-0.05, 0) is 55.3 Å². The van der Waals surface area contributed by atoms with Crippen LogP contribution in [0.5, 0.6) is 11.5 Å². The average molecular weight is 475 g/mol. The summed E-state index contributed by atoms with van der Waals surface area (Å²) in [6, 6.07) is 21.0. The zero-order valence-electron chi connectivity index (χ0n) is 18.8. The van der Waals surface area contributed by atoms with Crippen molar-refractivity contribution in [1.82, 2.24) is 5.32 Å². The summed E-state index contributed by atoms with van der Waals surface area (Å²) in [7, 11) is 0. The topological polar surface area (TPSA) is 88.4 Å². The van der Waals surface area contributed by atoms with E-state index in [0.717, 1.165) is 11.1 Å². The van der Waals surface area contributed by atoms with Crippen LogP contribution in [0.15, 0.2) is 72.3 Å². The molecule has 0 unspecified atom stereocenters. The van der Waals surface area contributed by atoms with Gasteiger partial charge in [0.05, 0.1) is 17.2 Å². The van der Waals surface area contributed by atoms with E-state index < -0.39 is 11.9 Å². The van der Waals surface area contributed by atoms with E-state index in [1.165, 1.54) is 6.08 Å². The molecule has 0 saturated carbocycles. The molecule has 0 atom stereocenters. The van der Waals surface area contributed by atoms with Crippen LogP contribution in [-0.4, -0.2) is 18.5 Å². The molecule has 3 aromatic carbocycles.